The van der Waals surface area contributed by atoms with Gasteiger partial charge in [-0.1, -0.05) is 0 Å². The molecule has 0 saturated carbocycles. The topological polar surface area (TPSA) is 72.5 Å². The van der Waals surface area contributed by atoms with Crippen LogP contribution in [0.15, 0.2) is 12.1 Å². The first-order valence-corrected chi connectivity index (χ1v) is 6.10. The van der Waals surface area contributed by atoms with Gasteiger partial charge in [0.2, 0.25) is 5.91 Å². The summed E-state index contributed by atoms with van der Waals surface area (Å²) in [5.41, 5.74) is -0.243. The molecule has 0 radical (unpaired) electrons. The zero-order valence-corrected chi connectivity index (χ0v) is 11.8. The molecule has 1 rings (SSSR count). The van der Waals surface area contributed by atoms with E-state index in [-0.39, 0.29) is 11.3 Å². The number of hydrogen-bond donors (Lipinski definition) is 1. The van der Waals surface area contributed by atoms with Crippen LogP contribution >= 0.6 is 0 Å². The first kappa shape index (κ1) is 16.7. The van der Waals surface area contributed by atoms with E-state index < -0.39 is 41.6 Å². The fraction of sp³-hybridized carbons (Fsp3) is 0.357. The van der Waals surface area contributed by atoms with Crippen LogP contribution in [0.4, 0.5) is 14.5 Å². The minimum absolute atomic E-state index is 0.0107. The summed E-state index contributed by atoms with van der Waals surface area (Å²) in [6, 6.07) is 2.02. The van der Waals surface area contributed by atoms with Gasteiger partial charge in [0, 0.05) is 18.2 Å². The van der Waals surface area contributed by atoms with Crippen molar-refractivity contribution >= 4 is 23.3 Å². The molecule has 0 bridgehead atoms. The zero-order chi connectivity index (χ0) is 16.2. The number of carbonyl (C=O) groups excluding carboxylic acids is 3. The number of carbonyl (C=O) groups is 3. The summed E-state index contributed by atoms with van der Waals surface area (Å²) in [5.74, 6) is -5.49. The Morgan fingerprint density at radius 1 is 1.24 bits per heavy atom. The van der Waals surface area contributed by atoms with E-state index in [4.69, 9.17) is 0 Å². The molecule has 7 heteroatoms. The highest BCUT2D eigenvalue weighted by atomic mass is 19.2. The lowest BCUT2D eigenvalue weighted by molar-refractivity contribution is -0.148. The van der Waals surface area contributed by atoms with E-state index in [2.05, 4.69) is 10.1 Å². The fourth-order valence-corrected chi connectivity index (χ4v) is 1.84. The Morgan fingerprint density at radius 2 is 1.86 bits per heavy atom. The summed E-state index contributed by atoms with van der Waals surface area (Å²) in [4.78, 5) is 34.1. The van der Waals surface area contributed by atoms with Gasteiger partial charge in [0.25, 0.3) is 0 Å². The standard InChI is InChI=1S/C14H15F2NO4/c1-7(18)9(14(20)21-3)6-10-12(17-8(2)19)5-4-11(15)13(10)16/h4-5,9H,6H2,1-3H3,(H,17,19). The Morgan fingerprint density at radius 3 is 2.33 bits per heavy atom. The predicted molar refractivity (Wildman–Crippen MR) is 70.6 cm³/mol. The van der Waals surface area contributed by atoms with Crippen molar-refractivity contribution in [2.75, 3.05) is 12.4 Å². The zero-order valence-electron chi connectivity index (χ0n) is 11.8. The second kappa shape index (κ2) is 6.92. The number of ketones is 1. The first-order valence-electron chi connectivity index (χ1n) is 6.10. The van der Waals surface area contributed by atoms with Crippen LogP contribution in [-0.4, -0.2) is 24.8 Å². The van der Waals surface area contributed by atoms with E-state index in [0.29, 0.717) is 0 Å². The molecule has 1 aromatic rings. The van der Waals surface area contributed by atoms with Crippen molar-refractivity contribution in [3.63, 3.8) is 0 Å². The van der Waals surface area contributed by atoms with Crippen LogP contribution < -0.4 is 5.32 Å². The second-order valence-electron chi connectivity index (χ2n) is 4.46. The van der Waals surface area contributed by atoms with Crippen molar-refractivity contribution in [3.05, 3.63) is 29.3 Å². The number of rotatable bonds is 5. The van der Waals surface area contributed by atoms with Crippen LogP contribution in [-0.2, 0) is 25.5 Å². The third-order valence-corrected chi connectivity index (χ3v) is 2.89. The van der Waals surface area contributed by atoms with Crippen molar-refractivity contribution in [1.82, 2.24) is 0 Å². The highest BCUT2D eigenvalue weighted by Crippen LogP contribution is 2.25. The van der Waals surface area contributed by atoms with Crippen molar-refractivity contribution < 1.29 is 27.9 Å². The maximum Gasteiger partial charge on any atom is 0.316 e. The van der Waals surface area contributed by atoms with Gasteiger partial charge < -0.3 is 10.1 Å². The van der Waals surface area contributed by atoms with Crippen LogP contribution in [0.25, 0.3) is 0 Å². The predicted octanol–water partition coefficient (Wildman–Crippen LogP) is 1.84. The van der Waals surface area contributed by atoms with Crippen LogP contribution in [0, 0.1) is 17.6 Å². The maximum atomic E-state index is 13.9. The minimum atomic E-state index is -1.26. The highest BCUT2D eigenvalue weighted by Gasteiger charge is 2.28. The smallest absolute Gasteiger partial charge is 0.316 e. The van der Waals surface area contributed by atoms with E-state index in [0.717, 1.165) is 20.1 Å². The largest absolute Gasteiger partial charge is 0.468 e. The molecule has 1 amide bonds. The Hall–Kier alpha value is -2.31. The van der Waals surface area contributed by atoms with Gasteiger partial charge in [-0.25, -0.2) is 8.78 Å². The second-order valence-corrected chi connectivity index (χ2v) is 4.46. The SMILES string of the molecule is COC(=O)C(Cc1c(NC(C)=O)ccc(F)c1F)C(C)=O. The molecule has 0 saturated heterocycles. The molecule has 5 nitrogen and oxygen atoms in total. The summed E-state index contributed by atoms with van der Waals surface area (Å²) in [5, 5.41) is 2.33. The molecule has 0 spiro atoms. The average Bonchev–Trinajstić information content (AvgIpc) is 2.41. The van der Waals surface area contributed by atoms with E-state index in [1.165, 1.54) is 13.0 Å². The Balaban J connectivity index is 3.26. The molecule has 0 fully saturated rings. The lowest BCUT2D eigenvalue weighted by Gasteiger charge is -2.16. The average molecular weight is 299 g/mol. The quantitative estimate of drug-likeness (QED) is 0.665. The maximum absolute atomic E-state index is 13.9. The Kier molecular flexibility index (Phi) is 5.52. The van der Waals surface area contributed by atoms with Crippen LogP contribution in [0.5, 0.6) is 0 Å². The van der Waals surface area contributed by atoms with Crippen LogP contribution in [0.1, 0.15) is 19.4 Å². The van der Waals surface area contributed by atoms with Crippen LogP contribution in [0.3, 0.4) is 0 Å². The summed E-state index contributed by atoms with van der Waals surface area (Å²) < 4.78 is 31.7. The molecule has 1 unspecified atom stereocenters. The molecule has 0 aromatic heterocycles. The lowest BCUT2D eigenvalue weighted by atomic mass is 9.94. The number of ether oxygens (including phenoxy) is 1. The van der Waals surface area contributed by atoms with Gasteiger partial charge in [-0.2, -0.15) is 0 Å². The van der Waals surface area contributed by atoms with Gasteiger partial charge in [0.15, 0.2) is 11.6 Å². The van der Waals surface area contributed by atoms with Crippen molar-refractivity contribution in [3.8, 4) is 0 Å². The molecule has 114 valence electrons. The Labute approximate surface area is 120 Å². The molecule has 1 atom stereocenters. The van der Waals surface area contributed by atoms with Gasteiger partial charge in [-0.3, -0.25) is 14.4 Å². The number of halogens is 2. The molecule has 0 aliphatic heterocycles. The third kappa shape index (κ3) is 4.08. The van der Waals surface area contributed by atoms with E-state index >= 15 is 0 Å². The molecular formula is C14H15F2NO4. The monoisotopic (exact) mass is 299 g/mol. The normalized spacial score (nSPS) is 11.7. The summed E-state index contributed by atoms with van der Waals surface area (Å²) in [6.07, 6.45) is -0.402. The van der Waals surface area contributed by atoms with Gasteiger partial charge in [0.1, 0.15) is 11.7 Å². The van der Waals surface area contributed by atoms with Crippen molar-refractivity contribution in [2.45, 2.75) is 20.3 Å². The number of benzene rings is 1. The van der Waals surface area contributed by atoms with Gasteiger partial charge in [-0.15, -0.1) is 0 Å². The molecule has 0 aliphatic carbocycles. The summed E-state index contributed by atoms with van der Waals surface area (Å²) in [6.45, 7) is 2.35. The van der Waals surface area contributed by atoms with E-state index in [9.17, 15) is 23.2 Å². The molecule has 1 aromatic carbocycles. The van der Waals surface area contributed by atoms with Crippen LogP contribution in [0.2, 0.25) is 0 Å². The Bertz CT molecular complexity index is 587. The molecule has 0 aliphatic rings. The van der Waals surface area contributed by atoms with Crippen molar-refractivity contribution in [2.24, 2.45) is 5.92 Å². The number of methoxy groups -OCH3 is 1. The van der Waals surface area contributed by atoms with Gasteiger partial charge in [0.05, 0.1) is 7.11 Å². The molecule has 0 heterocycles. The number of hydrogen-bond acceptors (Lipinski definition) is 4. The van der Waals surface area contributed by atoms with E-state index in [1.807, 2.05) is 0 Å². The number of anilines is 1. The van der Waals surface area contributed by atoms with Gasteiger partial charge in [-0.05, 0) is 25.5 Å². The molecule has 21 heavy (non-hydrogen) atoms. The number of Topliss-reactive ketones (excluding diaryl/α,β-unsaturated/α-hetero) is 1. The third-order valence-electron chi connectivity index (χ3n) is 2.89. The van der Waals surface area contributed by atoms with E-state index in [1.54, 1.807) is 0 Å². The highest BCUT2D eigenvalue weighted by molar-refractivity contribution is 5.98. The molecule has 1 N–H and O–H groups in total. The molecular weight excluding hydrogens is 284 g/mol. The summed E-state index contributed by atoms with van der Waals surface area (Å²) in [7, 11) is 1.09. The lowest BCUT2D eigenvalue weighted by Crippen LogP contribution is -2.26. The number of nitrogens with one attached hydrogen (secondary N) is 1. The fourth-order valence-electron chi connectivity index (χ4n) is 1.84. The minimum Gasteiger partial charge on any atom is -0.468 e. The number of esters is 1. The first-order chi connectivity index (χ1) is 9.77. The number of amides is 1. The van der Waals surface area contributed by atoms with Crippen molar-refractivity contribution in [1.29, 1.82) is 0 Å². The van der Waals surface area contributed by atoms with Gasteiger partial charge >= 0.3 is 5.97 Å². The summed E-state index contributed by atoms with van der Waals surface area (Å²) >= 11 is 0.